The van der Waals surface area contributed by atoms with Crippen LogP contribution in [0.1, 0.15) is 18.4 Å². The Balaban J connectivity index is 1.52. The molecule has 1 amide bonds. The van der Waals surface area contributed by atoms with Crippen molar-refractivity contribution < 1.29 is 4.79 Å². The summed E-state index contributed by atoms with van der Waals surface area (Å²) in [5.41, 5.74) is 1.28. The van der Waals surface area contributed by atoms with E-state index in [0.29, 0.717) is 12.5 Å². The number of thioether (sulfide) groups is 1. The summed E-state index contributed by atoms with van der Waals surface area (Å²) in [6.07, 6.45) is 3.27. The van der Waals surface area contributed by atoms with Crippen molar-refractivity contribution in [2.75, 3.05) is 6.54 Å². The third kappa shape index (κ3) is 2.67. The number of benzene rings is 1. The van der Waals surface area contributed by atoms with Crippen molar-refractivity contribution in [2.24, 2.45) is 5.92 Å². The lowest BCUT2D eigenvalue weighted by Gasteiger charge is -2.12. The number of fused-ring (bicyclic) bond motifs is 1. The van der Waals surface area contributed by atoms with E-state index in [1.54, 1.807) is 11.8 Å². The van der Waals surface area contributed by atoms with Crippen molar-refractivity contribution in [1.29, 1.82) is 0 Å². The molecule has 1 fully saturated rings. The van der Waals surface area contributed by atoms with Crippen molar-refractivity contribution in [3.63, 3.8) is 0 Å². The summed E-state index contributed by atoms with van der Waals surface area (Å²) in [7, 11) is 0. The van der Waals surface area contributed by atoms with E-state index in [1.807, 2.05) is 12.1 Å². The number of hydrogen-bond donors (Lipinski definition) is 1. The fraction of sp³-hybridized carbons (Fsp3) is 0.500. The zero-order chi connectivity index (χ0) is 12.5. The van der Waals surface area contributed by atoms with Gasteiger partial charge in [0, 0.05) is 11.4 Å². The first-order chi connectivity index (χ1) is 8.74. The Bertz CT molecular complexity index is 436. The second kappa shape index (κ2) is 5.14. The summed E-state index contributed by atoms with van der Waals surface area (Å²) in [4.78, 5) is 13.3. The van der Waals surface area contributed by atoms with E-state index in [1.165, 1.54) is 23.3 Å². The SMILES string of the molecule is O=C(NCC(Cl)C1CC1)C1Cc2ccccc2S1. The zero-order valence-corrected chi connectivity index (χ0v) is 11.6. The monoisotopic (exact) mass is 281 g/mol. The minimum atomic E-state index is 0.0190. The molecule has 2 aliphatic rings. The van der Waals surface area contributed by atoms with Gasteiger partial charge < -0.3 is 5.32 Å². The predicted molar refractivity (Wildman–Crippen MR) is 75.2 cm³/mol. The van der Waals surface area contributed by atoms with Crippen LogP contribution in [0.2, 0.25) is 0 Å². The van der Waals surface area contributed by atoms with Crippen LogP contribution in [0.25, 0.3) is 0 Å². The molecule has 18 heavy (non-hydrogen) atoms. The lowest BCUT2D eigenvalue weighted by atomic mass is 10.1. The van der Waals surface area contributed by atoms with E-state index in [-0.39, 0.29) is 16.5 Å². The second-order valence-corrected chi connectivity index (χ2v) is 6.82. The van der Waals surface area contributed by atoms with Crippen LogP contribution in [0, 0.1) is 5.92 Å². The van der Waals surface area contributed by atoms with Gasteiger partial charge in [-0.2, -0.15) is 0 Å². The minimum absolute atomic E-state index is 0.0190. The summed E-state index contributed by atoms with van der Waals surface area (Å²) in [5.74, 6) is 0.753. The van der Waals surface area contributed by atoms with Crippen LogP contribution in [0.3, 0.4) is 0 Å². The highest BCUT2D eigenvalue weighted by Crippen LogP contribution is 2.37. The van der Waals surface area contributed by atoms with Crippen molar-refractivity contribution in [1.82, 2.24) is 5.32 Å². The lowest BCUT2D eigenvalue weighted by molar-refractivity contribution is -0.120. The first kappa shape index (κ1) is 12.4. The van der Waals surface area contributed by atoms with Gasteiger partial charge in [0.25, 0.3) is 0 Å². The predicted octanol–water partition coefficient (Wildman–Crippen LogP) is 2.84. The van der Waals surface area contributed by atoms with Gasteiger partial charge in [0.2, 0.25) is 5.91 Å². The van der Waals surface area contributed by atoms with Crippen LogP contribution in [0.5, 0.6) is 0 Å². The van der Waals surface area contributed by atoms with Crippen LogP contribution in [0.4, 0.5) is 0 Å². The number of hydrogen-bond acceptors (Lipinski definition) is 2. The van der Waals surface area contributed by atoms with Crippen LogP contribution in [-0.4, -0.2) is 23.1 Å². The smallest absolute Gasteiger partial charge is 0.233 e. The average molecular weight is 282 g/mol. The topological polar surface area (TPSA) is 29.1 Å². The standard InChI is InChI=1S/C14H16ClNOS/c15-11(9-5-6-9)8-16-14(17)13-7-10-3-1-2-4-12(10)18-13/h1-4,9,11,13H,5-8H2,(H,16,17). The normalized spacial score (nSPS) is 23.5. The molecule has 2 atom stereocenters. The van der Waals surface area contributed by atoms with Gasteiger partial charge in [-0.25, -0.2) is 0 Å². The Hall–Kier alpha value is -0.670. The highest BCUT2D eigenvalue weighted by atomic mass is 35.5. The highest BCUT2D eigenvalue weighted by molar-refractivity contribution is 8.01. The molecule has 4 heteroatoms. The van der Waals surface area contributed by atoms with Crippen LogP contribution < -0.4 is 5.32 Å². The number of rotatable bonds is 4. The van der Waals surface area contributed by atoms with E-state index in [4.69, 9.17) is 11.6 Å². The fourth-order valence-corrected chi connectivity index (χ4v) is 3.81. The van der Waals surface area contributed by atoms with Gasteiger partial charge in [0.15, 0.2) is 0 Å². The number of alkyl halides is 1. The molecule has 2 nitrogen and oxygen atoms in total. The molecule has 1 aliphatic heterocycles. The zero-order valence-electron chi connectivity index (χ0n) is 10.1. The van der Waals surface area contributed by atoms with Gasteiger partial charge in [0.05, 0.1) is 10.6 Å². The Morgan fingerprint density at radius 1 is 1.44 bits per heavy atom. The Morgan fingerprint density at radius 3 is 2.94 bits per heavy atom. The molecular formula is C14H16ClNOS. The Kier molecular flexibility index (Phi) is 3.53. The molecule has 0 bridgehead atoms. The maximum Gasteiger partial charge on any atom is 0.233 e. The van der Waals surface area contributed by atoms with E-state index in [0.717, 1.165) is 6.42 Å². The molecule has 0 radical (unpaired) electrons. The summed E-state index contributed by atoms with van der Waals surface area (Å²) < 4.78 is 0. The maximum absolute atomic E-state index is 12.1. The highest BCUT2D eigenvalue weighted by Gasteiger charge is 2.32. The van der Waals surface area contributed by atoms with E-state index in [2.05, 4.69) is 17.4 Å². The van der Waals surface area contributed by atoms with Gasteiger partial charge in [-0.15, -0.1) is 23.4 Å². The van der Waals surface area contributed by atoms with Gasteiger partial charge in [-0.3, -0.25) is 4.79 Å². The van der Waals surface area contributed by atoms with E-state index < -0.39 is 0 Å². The summed E-state index contributed by atoms with van der Waals surface area (Å²) in [5, 5.41) is 3.12. The van der Waals surface area contributed by atoms with E-state index >= 15 is 0 Å². The van der Waals surface area contributed by atoms with Gasteiger partial charge in [-0.05, 0) is 36.8 Å². The third-order valence-corrected chi connectivity index (χ3v) is 5.37. The number of carbonyl (C=O) groups is 1. The summed E-state index contributed by atoms with van der Waals surface area (Å²) in [6, 6.07) is 8.24. The molecule has 1 aromatic carbocycles. The van der Waals surface area contributed by atoms with E-state index in [9.17, 15) is 4.79 Å². The van der Waals surface area contributed by atoms with Gasteiger partial charge >= 0.3 is 0 Å². The number of amides is 1. The third-order valence-electron chi connectivity index (χ3n) is 3.54. The molecular weight excluding hydrogens is 266 g/mol. The molecule has 3 rings (SSSR count). The molecule has 1 N–H and O–H groups in total. The van der Waals surface area contributed by atoms with Gasteiger partial charge in [-0.1, -0.05) is 18.2 Å². The molecule has 0 spiro atoms. The van der Waals surface area contributed by atoms with Gasteiger partial charge in [0.1, 0.15) is 0 Å². The summed E-state index contributed by atoms with van der Waals surface area (Å²) in [6.45, 7) is 0.610. The lowest BCUT2D eigenvalue weighted by Crippen LogP contribution is -2.36. The first-order valence-corrected chi connectivity index (χ1v) is 7.72. The molecule has 1 heterocycles. The van der Waals surface area contributed by atoms with Crippen LogP contribution >= 0.6 is 23.4 Å². The fourth-order valence-electron chi connectivity index (χ4n) is 2.26. The molecule has 96 valence electrons. The molecule has 2 unspecified atom stereocenters. The number of nitrogens with one attached hydrogen (secondary N) is 1. The second-order valence-electron chi connectivity index (χ2n) is 5.02. The number of halogens is 1. The van der Waals surface area contributed by atoms with Crippen molar-refractivity contribution in [2.45, 2.75) is 34.8 Å². The number of carbonyl (C=O) groups excluding carboxylic acids is 1. The van der Waals surface area contributed by atoms with Crippen molar-refractivity contribution in [3.05, 3.63) is 29.8 Å². The quantitative estimate of drug-likeness (QED) is 0.860. The summed E-state index contributed by atoms with van der Waals surface area (Å²) >= 11 is 7.86. The average Bonchev–Trinajstić information content (AvgIpc) is 3.14. The van der Waals surface area contributed by atoms with Crippen molar-refractivity contribution >= 4 is 29.3 Å². The molecule has 0 saturated heterocycles. The van der Waals surface area contributed by atoms with Crippen LogP contribution in [-0.2, 0) is 11.2 Å². The maximum atomic E-state index is 12.1. The largest absolute Gasteiger partial charge is 0.354 e. The molecule has 1 aromatic rings. The molecule has 1 aliphatic carbocycles. The Morgan fingerprint density at radius 2 is 2.22 bits per heavy atom. The first-order valence-electron chi connectivity index (χ1n) is 6.40. The Labute approximate surface area is 116 Å². The molecule has 0 aromatic heterocycles. The molecule has 1 saturated carbocycles. The minimum Gasteiger partial charge on any atom is -0.354 e. The van der Waals surface area contributed by atoms with Crippen molar-refractivity contribution in [3.8, 4) is 0 Å². The van der Waals surface area contributed by atoms with Crippen LogP contribution in [0.15, 0.2) is 29.2 Å².